The topological polar surface area (TPSA) is 17.1 Å². The number of rotatable bonds is 1. The molecule has 0 aliphatic heterocycles. The molecule has 0 bridgehead atoms. The van der Waals surface area contributed by atoms with Gasteiger partial charge in [0.2, 0.25) is 0 Å². The first-order chi connectivity index (χ1) is 2.27. The van der Waals surface area contributed by atoms with Gasteiger partial charge in [0, 0.05) is 42.8 Å². The average molecular weight is 407 g/mol. The smallest absolute Gasteiger partial charge is 0 e. The Morgan fingerprint density at radius 1 is 1.71 bits per heavy atom. The van der Waals surface area contributed by atoms with Gasteiger partial charge >= 0.3 is 64.2 Å². The van der Waals surface area contributed by atoms with Crippen molar-refractivity contribution in [3.8, 4) is 0 Å². The molecule has 0 aromatic carbocycles. The molecule has 0 atom stereocenters. The number of carbonyl (C=O) groups is 1. The van der Waals surface area contributed by atoms with E-state index in [4.69, 9.17) is 0 Å². The Labute approximate surface area is 105 Å². The van der Waals surface area contributed by atoms with E-state index in [0.29, 0.717) is 0 Å². The summed E-state index contributed by atoms with van der Waals surface area (Å²) < 4.78 is 0.213. The summed E-state index contributed by atoms with van der Waals surface area (Å²) in [6.07, 6.45) is 1.36. The Hall–Kier alpha value is 2.38. The summed E-state index contributed by atoms with van der Waals surface area (Å²) in [7, 11) is 0. The fourth-order valence-corrected chi connectivity index (χ4v) is 0. The molecule has 0 rings (SSSR count). The van der Waals surface area contributed by atoms with Gasteiger partial charge in [-0.1, -0.05) is 0 Å². The van der Waals surface area contributed by atoms with Crippen molar-refractivity contribution in [3.63, 3.8) is 0 Å². The molecular formula is C3H3AgBaOPd. The molecule has 0 heterocycles. The second-order valence-electron chi connectivity index (χ2n) is 0.670. The molecule has 0 unspecified atom stereocenters. The first-order valence-electron chi connectivity index (χ1n) is 1.25. The minimum atomic E-state index is 0. The largest absolute Gasteiger partial charge is 0 e. The van der Waals surface area contributed by atoms with Crippen molar-refractivity contribution in [3.05, 3.63) is 12.7 Å². The Morgan fingerprint density at radius 2 is 1.86 bits per heavy atom. The van der Waals surface area contributed by atoms with E-state index in [9.17, 15) is 4.79 Å². The van der Waals surface area contributed by atoms with E-state index in [0.717, 1.165) is 0 Å². The number of allylic oxidation sites excluding steroid dienone is 1. The quantitative estimate of drug-likeness (QED) is 0.438. The summed E-state index contributed by atoms with van der Waals surface area (Å²) >= 11 is 0.272. The van der Waals surface area contributed by atoms with Crippen LogP contribution in [0.5, 0.6) is 0 Å². The summed E-state index contributed by atoms with van der Waals surface area (Å²) in [5.74, 6) is 0. The first kappa shape index (κ1) is 16.2. The second-order valence-corrected chi connectivity index (χ2v) is 2.86. The molecule has 0 aliphatic carbocycles. The van der Waals surface area contributed by atoms with E-state index in [1.807, 2.05) is 0 Å². The maximum Gasteiger partial charge on any atom is 0 e. The van der Waals surface area contributed by atoms with Gasteiger partial charge in [-0.2, -0.15) is 0 Å². The maximum absolute atomic E-state index is 9.78. The Morgan fingerprint density at radius 3 is 1.86 bits per heavy atom. The maximum atomic E-state index is 9.78. The van der Waals surface area contributed by atoms with Gasteiger partial charge in [0.15, 0.2) is 0 Å². The molecule has 0 spiro atoms. The molecule has 4 heteroatoms. The van der Waals surface area contributed by atoms with Crippen LogP contribution in [-0.2, 0) is 47.6 Å². The van der Waals surface area contributed by atoms with Crippen LogP contribution in [0.25, 0.3) is 0 Å². The van der Waals surface area contributed by atoms with Gasteiger partial charge < -0.3 is 0 Å². The minimum absolute atomic E-state index is 0. The predicted molar refractivity (Wildman–Crippen MR) is 21.0 cm³/mol. The molecule has 0 fully saturated rings. The van der Waals surface area contributed by atoms with Crippen LogP contribution < -0.4 is 0 Å². The van der Waals surface area contributed by atoms with Crippen LogP contribution in [0.3, 0.4) is 0 Å². The zero-order valence-electron chi connectivity index (χ0n) is 3.52. The van der Waals surface area contributed by atoms with Gasteiger partial charge in [-0.15, -0.1) is 0 Å². The van der Waals surface area contributed by atoms with Crippen molar-refractivity contribution in [1.29, 1.82) is 0 Å². The van der Waals surface area contributed by atoms with Crippen LogP contribution in [0.1, 0.15) is 0 Å². The SMILES string of the molecule is C=C[C](=O)[Ba].[Ag].[Pd]. The molecule has 1 nitrogen and oxygen atoms in total. The van der Waals surface area contributed by atoms with Gasteiger partial charge in [-0.05, 0) is 0 Å². The van der Waals surface area contributed by atoms with Crippen molar-refractivity contribution >= 4 is 46.8 Å². The van der Waals surface area contributed by atoms with E-state index in [-0.39, 0.29) is 89.6 Å². The molecule has 0 amide bonds. The summed E-state index contributed by atoms with van der Waals surface area (Å²) in [6, 6.07) is 0. The predicted octanol–water partition coefficient (Wildman–Crippen LogP) is -0.137. The van der Waals surface area contributed by atoms with Crippen LogP contribution in [-0.4, -0.2) is 46.8 Å². The van der Waals surface area contributed by atoms with E-state index >= 15 is 0 Å². The number of hydrogen-bond donors (Lipinski definition) is 0. The number of hydrogen-bond acceptors (Lipinski definition) is 1. The molecule has 0 aliphatic rings. The van der Waals surface area contributed by atoms with Crippen LogP contribution in [0.4, 0.5) is 0 Å². The van der Waals surface area contributed by atoms with Crippen molar-refractivity contribution in [2.45, 2.75) is 0 Å². The monoisotopic (exact) mass is 406 g/mol. The van der Waals surface area contributed by atoms with Gasteiger partial charge in [-0.25, -0.2) is 0 Å². The number of carbonyl (C=O) groups excluding carboxylic acids is 1. The second kappa shape index (κ2) is 11.2. The van der Waals surface area contributed by atoms with E-state index < -0.39 is 0 Å². The van der Waals surface area contributed by atoms with Crippen molar-refractivity contribution in [1.82, 2.24) is 0 Å². The molecule has 0 N–H and O–H groups in total. The third-order valence-electron chi connectivity index (χ3n) is 0.228. The Balaban J connectivity index is -0.0000000800. The molecular weight excluding hydrogens is 404 g/mol. The molecule has 0 aromatic heterocycles. The van der Waals surface area contributed by atoms with E-state index in [1.54, 1.807) is 0 Å². The molecule has 0 saturated carbocycles. The van der Waals surface area contributed by atoms with Crippen molar-refractivity contribution < 1.29 is 47.6 Å². The third kappa shape index (κ3) is 17.8. The van der Waals surface area contributed by atoms with Crippen LogP contribution >= 0.6 is 0 Å². The molecule has 7 heavy (non-hydrogen) atoms. The van der Waals surface area contributed by atoms with Crippen molar-refractivity contribution in [2.24, 2.45) is 0 Å². The zero-order valence-corrected chi connectivity index (χ0v) is 11.0. The fourth-order valence-electron chi connectivity index (χ4n) is 0. The molecule has 2 radical (unpaired) electrons. The van der Waals surface area contributed by atoms with Gasteiger partial charge in [0.25, 0.3) is 0 Å². The Bertz CT molecular complexity index is 66.0. The normalized spacial score (nSPS) is 4.43. The van der Waals surface area contributed by atoms with Crippen LogP contribution in [0, 0.1) is 0 Å². The summed E-state index contributed by atoms with van der Waals surface area (Å²) in [5.41, 5.74) is 0. The van der Waals surface area contributed by atoms with E-state index in [1.165, 1.54) is 6.08 Å². The standard InChI is InChI=1S/C3H3O.Ag.Ba.Pd/c1-2-3-4;;;/h2H,1H2;;;. The first-order valence-corrected chi connectivity index (χ1v) is 3.47. The summed E-state index contributed by atoms with van der Waals surface area (Å²) in [5, 5.41) is 0. The Kier molecular flexibility index (Phi) is 25.9. The average Bonchev–Trinajstić information content (AvgIpc) is 1.38. The summed E-state index contributed by atoms with van der Waals surface area (Å²) in [4.78, 5) is 9.78. The third-order valence-corrected chi connectivity index (χ3v) is 1.13. The van der Waals surface area contributed by atoms with Gasteiger partial charge in [0.1, 0.15) is 0 Å². The molecule has 0 aromatic rings. The van der Waals surface area contributed by atoms with Gasteiger partial charge in [0.05, 0.1) is 0 Å². The van der Waals surface area contributed by atoms with Crippen LogP contribution in [0.2, 0.25) is 0 Å². The van der Waals surface area contributed by atoms with Crippen molar-refractivity contribution in [2.75, 3.05) is 0 Å². The zero-order chi connectivity index (χ0) is 4.28. The summed E-state index contributed by atoms with van der Waals surface area (Å²) in [6.45, 7) is 3.26. The van der Waals surface area contributed by atoms with E-state index in [2.05, 4.69) is 6.58 Å². The van der Waals surface area contributed by atoms with Gasteiger partial charge in [-0.3, -0.25) is 0 Å². The molecule has 44 valence electrons. The minimum Gasteiger partial charge on any atom is 0 e. The van der Waals surface area contributed by atoms with Crippen LogP contribution in [0.15, 0.2) is 12.7 Å². The molecule has 0 saturated heterocycles. The fraction of sp³-hybridized carbons (Fsp3) is 0.